The molecule has 1 aliphatic rings. The molecule has 6 heteroatoms. The number of hydrogen-bond donors (Lipinski definition) is 1. The maximum atomic E-state index is 13.2. The van der Waals surface area contributed by atoms with Crippen molar-refractivity contribution in [2.24, 2.45) is 5.92 Å². The van der Waals surface area contributed by atoms with E-state index in [1.54, 1.807) is 6.07 Å². The molecular formula is C15H18FNO3S. The van der Waals surface area contributed by atoms with Crippen LogP contribution in [0.3, 0.4) is 0 Å². The molecule has 1 aromatic carbocycles. The Kier molecular flexibility index (Phi) is 3.75. The van der Waals surface area contributed by atoms with Crippen molar-refractivity contribution in [2.75, 3.05) is 18.6 Å². The second-order valence-corrected chi connectivity index (χ2v) is 7.91. The molecule has 0 bridgehead atoms. The fourth-order valence-corrected chi connectivity index (χ4v) is 4.85. The highest BCUT2D eigenvalue weighted by molar-refractivity contribution is 7.91. The maximum Gasteiger partial charge on any atom is 0.150 e. The molecule has 3 rings (SSSR count). The summed E-state index contributed by atoms with van der Waals surface area (Å²) in [6, 6.07) is 6.19. The van der Waals surface area contributed by atoms with Crippen LogP contribution in [0.15, 0.2) is 28.7 Å². The van der Waals surface area contributed by atoms with E-state index in [0.29, 0.717) is 18.4 Å². The molecule has 2 unspecified atom stereocenters. The zero-order valence-electron chi connectivity index (χ0n) is 11.8. The first-order valence-electron chi connectivity index (χ1n) is 7.03. The Hall–Kier alpha value is -1.40. The average molecular weight is 311 g/mol. The van der Waals surface area contributed by atoms with Crippen LogP contribution in [-0.2, 0) is 9.84 Å². The molecule has 0 amide bonds. The second kappa shape index (κ2) is 5.42. The first-order chi connectivity index (χ1) is 9.97. The fourth-order valence-electron chi connectivity index (χ4n) is 2.97. The maximum absolute atomic E-state index is 13.2. The van der Waals surface area contributed by atoms with E-state index in [1.807, 2.05) is 13.1 Å². The molecule has 2 aromatic rings. The average Bonchev–Trinajstić information content (AvgIpc) is 2.98. The zero-order chi connectivity index (χ0) is 15.0. The van der Waals surface area contributed by atoms with Gasteiger partial charge < -0.3 is 9.73 Å². The molecular weight excluding hydrogens is 293 g/mol. The number of hydrogen-bond acceptors (Lipinski definition) is 4. The summed E-state index contributed by atoms with van der Waals surface area (Å²) in [6.45, 7) is 0. The van der Waals surface area contributed by atoms with Gasteiger partial charge in [0.15, 0.2) is 9.84 Å². The van der Waals surface area contributed by atoms with E-state index < -0.39 is 9.84 Å². The van der Waals surface area contributed by atoms with E-state index in [4.69, 9.17) is 4.42 Å². The summed E-state index contributed by atoms with van der Waals surface area (Å²) in [6.07, 6.45) is 1.41. The molecule has 114 valence electrons. The van der Waals surface area contributed by atoms with Crippen molar-refractivity contribution in [3.8, 4) is 0 Å². The van der Waals surface area contributed by atoms with E-state index in [1.165, 1.54) is 12.1 Å². The van der Waals surface area contributed by atoms with E-state index >= 15 is 0 Å². The molecule has 1 saturated heterocycles. The number of halogens is 1. The molecule has 4 nitrogen and oxygen atoms in total. The largest absolute Gasteiger partial charge is 0.459 e. The van der Waals surface area contributed by atoms with Gasteiger partial charge in [-0.1, -0.05) is 0 Å². The lowest BCUT2D eigenvalue weighted by Gasteiger charge is -2.17. The highest BCUT2D eigenvalue weighted by Crippen LogP contribution is 2.31. The van der Waals surface area contributed by atoms with Crippen LogP contribution < -0.4 is 5.32 Å². The van der Waals surface area contributed by atoms with Crippen molar-refractivity contribution in [1.82, 2.24) is 5.32 Å². The minimum absolute atomic E-state index is 0.0567. The smallest absolute Gasteiger partial charge is 0.150 e. The number of benzene rings is 1. The van der Waals surface area contributed by atoms with E-state index in [-0.39, 0.29) is 29.3 Å². The molecule has 1 fully saturated rings. The van der Waals surface area contributed by atoms with Gasteiger partial charge in [-0.2, -0.15) is 0 Å². The van der Waals surface area contributed by atoms with Crippen molar-refractivity contribution in [3.63, 3.8) is 0 Å². The van der Waals surface area contributed by atoms with Gasteiger partial charge in [0, 0.05) is 5.39 Å². The van der Waals surface area contributed by atoms with E-state index in [0.717, 1.165) is 11.1 Å². The number of furan rings is 1. The Morgan fingerprint density at radius 3 is 2.90 bits per heavy atom. The summed E-state index contributed by atoms with van der Waals surface area (Å²) in [5.74, 6) is 1.11. The number of fused-ring (bicyclic) bond motifs is 1. The van der Waals surface area contributed by atoms with E-state index in [9.17, 15) is 12.8 Å². The monoisotopic (exact) mass is 311 g/mol. The molecule has 1 N–H and O–H groups in total. The minimum Gasteiger partial charge on any atom is -0.459 e. The Morgan fingerprint density at radius 2 is 2.24 bits per heavy atom. The topological polar surface area (TPSA) is 59.3 Å². The number of sulfone groups is 1. The van der Waals surface area contributed by atoms with Gasteiger partial charge in [-0.05, 0) is 50.1 Å². The van der Waals surface area contributed by atoms with Crippen molar-refractivity contribution in [2.45, 2.75) is 18.9 Å². The van der Waals surface area contributed by atoms with Gasteiger partial charge in [0.25, 0.3) is 0 Å². The quantitative estimate of drug-likeness (QED) is 0.943. The SMILES string of the molecule is CNC(CC1CCS(=O)(=O)C1)c1cc2cc(F)ccc2o1. The van der Waals surface area contributed by atoms with E-state index in [2.05, 4.69) is 5.32 Å². The molecule has 0 aliphatic carbocycles. The van der Waals surface area contributed by atoms with Gasteiger partial charge in [0.1, 0.15) is 17.2 Å². The van der Waals surface area contributed by atoms with Crippen molar-refractivity contribution in [1.29, 1.82) is 0 Å². The molecule has 0 spiro atoms. The zero-order valence-corrected chi connectivity index (χ0v) is 12.6. The summed E-state index contributed by atoms with van der Waals surface area (Å²) < 4.78 is 42.1. The molecule has 2 heterocycles. The summed E-state index contributed by atoms with van der Waals surface area (Å²) >= 11 is 0. The van der Waals surface area contributed by atoms with Gasteiger partial charge in [-0.15, -0.1) is 0 Å². The summed E-state index contributed by atoms with van der Waals surface area (Å²) in [5, 5.41) is 3.89. The van der Waals surface area contributed by atoms with Crippen molar-refractivity contribution >= 4 is 20.8 Å². The summed E-state index contributed by atoms with van der Waals surface area (Å²) in [4.78, 5) is 0. The minimum atomic E-state index is -2.87. The fraction of sp³-hybridized carbons (Fsp3) is 0.467. The van der Waals surface area contributed by atoms with Gasteiger partial charge in [-0.3, -0.25) is 0 Å². The lowest BCUT2D eigenvalue weighted by Crippen LogP contribution is -2.20. The van der Waals surface area contributed by atoms with Crippen LogP contribution in [0.1, 0.15) is 24.6 Å². The van der Waals surface area contributed by atoms with Crippen LogP contribution in [0, 0.1) is 11.7 Å². The van der Waals surface area contributed by atoms with Crippen LogP contribution in [0.5, 0.6) is 0 Å². The standard InChI is InChI=1S/C15H18FNO3S/c1-17-13(6-10-4-5-21(18,19)9-10)15-8-11-7-12(16)2-3-14(11)20-15/h2-3,7-8,10,13,17H,4-6,9H2,1H3. The molecule has 2 atom stereocenters. The van der Waals surface area contributed by atoms with Gasteiger partial charge in [0.2, 0.25) is 0 Å². The third-order valence-corrected chi connectivity index (χ3v) is 5.92. The van der Waals surface area contributed by atoms with Crippen LogP contribution in [0.25, 0.3) is 11.0 Å². The highest BCUT2D eigenvalue weighted by Gasteiger charge is 2.30. The summed E-state index contributed by atoms with van der Waals surface area (Å²) in [7, 11) is -1.05. The van der Waals surface area contributed by atoms with Crippen LogP contribution in [0.2, 0.25) is 0 Å². The highest BCUT2D eigenvalue weighted by atomic mass is 32.2. The van der Waals surface area contributed by atoms with Crippen molar-refractivity contribution < 1.29 is 17.2 Å². The Balaban J connectivity index is 1.81. The summed E-state index contributed by atoms with van der Waals surface area (Å²) in [5.41, 5.74) is 0.644. The Labute approximate surface area is 123 Å². The first kappa shape index (κ1) is 14.5. The molecule has 1 aliphatic heterocycles. The molecule has 1 aromatic heterocycles. The number of nitrogens with one attached hydrogen (secondary N) is 1. The first-order valence-corrected chi connectivity index (χ1v) is 8.86. The third-order valence-electron chi connectivity index (χ3n) is 4.09. The predicted molar refractivity (Wildman–Crippen MR) is 79.4 cm³/mol. The van der Waals surface area contributed by atoms with Crippen LogP contribution in [0.4, 0.5) is 4.39 Å². The lowest BCUT2D eigenvalue weighted by atomic mass is 9.98. The lowest BCUT2D eigenvalue weighted by molar-refractivity contribution is 0.379. The van der Waals surface area contributed by atoms with Crippen LogP contribution in [-0.4, -0.2) is 27.0 Å². The third kappa shape index (κ3) is 3.11. The van der Waals surface area contributed by atoms with Gasteiger partial charge in [-0.25, -0.2) is 12.8 Å². The normalized spacial score (nSPS) is 22.7. The Bertz CT molecular complexity index is 753. The molecule has 0 radical (unpaired) electrons. The van der Waals surface area contributed by atoms with Gasteiger partial charge in [0.05, 0.1) is 17.5 Å². The number of rotatable bonds is 4. The molecule has 0 saturated carbocycles. The predicted octanol–water partition coefficient (Wildman–Crippen LogP) is 2.66. The van der Waals surface area contributed by atoms with Crippen LogP contribution >= 0.6 is 0 Å². The van der Waals surface area contributed by atoms with Gasteiger partial charge >= 0.3 is 0 Å². The van der Waals surface area contributed by atoms with Crippen molar-refractivity contribution in [3.05, 3.63) is 35.8 Å². The molecule has 21 heavy (non-hydrogen) atoms. The second-order valence-electron chi connectivity index (χ2n) is 5.68. The Morgan fingerprint density at radius 1 is 1.43 bits per heavy atom.